The Morgan fingerprint density at radius 3 is 2.64 bits per heavy atom. The summed E-state index contributed by atoms with van der Waals surface area (Å²) in [6.07, 6.45) is 4.80. The lowest BCUT2D eigenvalue weighted by Crippen LogP contribution is -2.00. The lowest BCUT2D eigenvalue weighted by molar-refractivity contribution is 0.737. The van der Waals surface area contributed by atoms with Crippen LogP contribution in [-0.2, 0) is 6.54 Å². The molecule has 2 heterocycles. The molecule has 0 N–H and O–H groups in total. The molecule has 0 aliphatic carbocycles. The van der Waals surface area contributed by atoms with E-state index in [1.807, 2.05) is 36.8 Å². The van der Waals surface area contributed by atoms with Crippen LogP contribution in [0.25, 0.3) is 11.2 Å². The van der Waals surface area contributed by atoms with Crippen LogP contribution in [-0.4, -0.2) is 14.5 Å². The van der Waals surface area contributed by atoms with E-state index in [1.54, 1.807) is 0 Å². The Morgan fingerprint density at radius 1 is 1.18 bits per heavy atom. The third kappa shape index (κ3) is 2.58. The van der Waals surface area contributed by atoms with Crippen LogP contribution in [0.4, 0.5) is 0 Å². The number of nitriles is 1. The van der Waals surface area contributed by atoms with Gasteiger partial charge in [-0.3, -0.25) is 0 Å². The van der Waals surface area contributed by atoms with Crippen LogP contribution in [0, 0.1) is 11.3 Å². The third-order valence-corrected chi connectivity index (χ3v) is 4.11. The van der Waals surface area contributed by atoms with Crippen LogP contribution in [0.5, 0.6) is 0 Å². The van der Waals surface area contributed by atoms with Gasteiger partial charge in [-0.25, -0.2) is 9.97 Å². The molecule has 0 aliphatic rings. The molecule has 1 atom stereocenters. The number of rotatable bonds is 4. The van der Waals surface area contributed by atoms with Gasteiger partial charge in [0.1, 0.15) is 5.52 Å². The lowest BCUT2D eigenvalue weighted by Gasteiger charge is -2.09. The van der Waals surface area contributed by atoms with Gasteiger partial charge in [0.05, 0.1) is 24.5 Å². The molecular formula is C18H18N4. The topological polar surface area (TPSA) is 54.5 Å². The fraction of sp³-hybridized carbons (Fsp3) is 0.278. The summed E-state index contributed by atoms with van der Waals surface area (Å²) in [6.45, 7) is 5.11. The minimum absolute atomic E-state index is 0.476. The smallest absolute Gasteiger partial charge is 0.160 e. The molecule has 22 heavy (non-hydrogen) atoms. The van der Waals surface area contributed by atoms with E-state index < -0.39 is 0 Å². The summed E-state index contributed by atoms with van der Waals surface area (Å²) in [6, 6.07) is 11.8. The molecule has 1 unspecified atom stereocenters. The van der Waals surface area contributed by atoms with Crippen molar-refractivity contribution in [3.63, 3.8) is 0 Å². The Labute approximate surface area is 130 Å². The summed E-state index contributed by atoms with van der Waals surface area (Å²) in [7, 11) is 0. The molecule has 3 aromatic rings. The Hall–Kier alpha value is -2.67. The van der Waals surface area contributed by atoms with Gasteiger partial charge in [-0.15, -0.1) is 0 Å². The Morgan fingerprint density at radius 2 is 1.95 bits per heavy atom. The number of hydrogen-bond acceptors (Lipinski definition) is 3. The molecular weight excluding hydrogens is 272 g/mol. The highest BCUT2D eigenvalue weighted by atomic mass is 15.1. The molecule has 0 bridgehead atoms. The Bertz CT molecular complexity index is 824. The second-order valence-electron chi connectivity index (χ2n) is 5.56. The molecule has 0 spiro atoms. The summed E-state index contributed by atoms with van der Waals surface area (Å²) in [5.74, 6) is 0.476. The van der Waals surface area contributed by atoms with Crippen LogP contribution < -0.4 is 0 Å². The van der Waals surface area contributed by atoms with Crippen molar-refractivity contribution in [1.29, 1.82) is 5.26 Å². The lowest BCUT2D eigenvalue weighted by atomic mass is 9.99. The highest BCUT2D eigenvalue weighted by molar-refractivity contribution is 5.75. The van der Waals surface area contributed by atoms with Crippen molar-refractivity contribution >= 4 is 11.2 Å². The zero-order valence-electron chi connectivity index (χ0n) is 12.8. The molecule has 0 amide bonds. The van der Waals surface area contributed by atoms with Crippen molar-refractivity contribution in [2.45, 2.75) is 32.7 Å². The van der Waals surface area contributed by atoms with Crippen molar-refractivity contribution in [3.05, 3.63) is 59.5 Å². The monoisotopic (exact) mass is 290 g/mol. The number of nitrogens with zero attached hydrogens (tertiary/aromatic N) is 4. The van der Waals surface area contributed by atoms with Gasteiger partial charge < -0.3 is 4.57 Å². The minimum atomic E-state index is 0.476. The van der Waals surface area contributed by atoms with Crippen LogP contribution in [0.15, 0.2) is 42.9 Å². The predicted octanol–water partition coefficient (Wildman–Crippen LogP) is 3.86. The zero-order valence-corrected chi connectivity index (χ0v) is 12.8. The maximum Gasteiger partial charge on any atom is 0.160 e. The molecule has 4 nitrogen and oxygen atoms in total. The van der Waals surface area contributed by atoms with Crippen molar-refractivity contribution in [3.8, 4) is 6.07 Å². The summed E-state index contributed by atoms with van der Waals surface area (Å²) >= 11 is 0. The maximum absolute atomic E-state index is 8.86. The van der Waals surface area contributed by atoms with Crippen molar-refractivity contribution in [2.75, 3.05) is 0 Å². The van der Waals surface area contributed by atoms with E-state index in [0.717, 1.165) is 23.1 Å². The first-order chi connectivity index (χ1) is 10.7. The van der Waals surface area contributed by atoms with E-state index in [9.17, 15) is 0 Å². The van der Waals surface area contributed by atoms with Gasteiger partial charge in [-0.05, 0) is 41.7 Å². The first-order valence-electron chi connectivity index (χ1n) is 7.51. The van der Waals surface area contributed by atoms with E-state index in [1.165, 1.54) is 5.56 Å². The first kappa shape index (κ1) is 14.3. The molecule has 0 radical (unpaired) electrons. The average Bonchev–Trinajstić information content (AvgIpc) is 2.98. The number of imidazole rings is 1. The molecule has 0 aliphatic heterocycles. The normalized spacial score (nSPS) is 12.2. The average molecular weight is 290 g/mol. The predicted molar refractivity (Wildman–Crippen MR) is 86.5 cm³/mol. The second kappa shape index (κ2) is 5.98. The van der Waals surface area contributed by atoms with Crippen LogP contribution in [0.2, 0.25) is 0 Å². The summed E-state index contributed by atoms with van der Waals surface area (Å²) < 4.78 is 2.06. The highest BCUT2D eigenvalue weighted by Gasteiger charge is 2.12. The van der Waals surface area contributed by atoms with Gasteiger partial charge in [0.25, 0.3) is 0 Å². The molecule has 0 saturated carbocycles. The van der Waals surface area contributed by atoms with Crippen molar-refractivity contribution in [2.24, 2.45) is 0 Å². The number of hydrogen-bond donors (Lipinski definition) is 0. The molecule has 0 fully saturated rings. The number of pyridine rings is 1. The van der Waals surface area contributed by atoms with Crippen LogP contribution >= 0.6 is 0 Å². The quantitative estimate of drug-likeness (QED) is 0.733. The van der Waals surface area contributed by atoms with E-state index in [4.69, 9.17) is 5.26 Å². The SMILES string of the molecule is CCC(C)c1ccnc2c1ncn2Cc1ccc(C#N)cc1. The summed E-state index contributed by atoms with van der Waals surface area (Å²) in [5, 5.41) is 8.86. The standard InChI is InChI=1S/C18H18N4/c1-3-13(2)16-8-9-20-18-17(16)21-12-22(18)11-15-6-4-14(10-19)5-7-15/h4-9,12-13H,3,11H2,1-2H3. The van der Waals surface area contributed by atoms with Gasteiger partial charge >= 0.3 is 0 Å². The van der Waals surface area contributed by atoms with Crippen molar-refractivity contribution in [1.82, 2.24) is 14.5 Å². The van der Waals surface area contributed by atoms with E-state index in [2.05, 4.69) is 40.5 Å². The van der Waals surface area contributed by atoms with Gasteiger partial charge in [-0.1, -0.05) is 26.0 Å². The van der Waals surface area contributed by atoms with Crippen LogP contribution in [0.3, 0.4) is 0 Å². The Kier molecular flexibility index (Phi) is 3.88. The third-order valence-electron chi connectivity index (χ3n) is 4.11. The van der Waals surface area contributed by atoms with Crippen molar-refractivity contribution < 1.29 is 0 Å². The molecule has 110 valence electrons. The largest absolute Gasteiger partial charge is 0.311 e. The number of fused-ring (bicyclic) bond motifs is 1. The van der Waals surface area contributed by atoms with Gasteiger partial charge in [0.2, 0.25) is 0 Å². The fourth-order valence-electron chi connectivity index (χ4n) is 2.60. The molecule has 3 rings (SSSR count). The van der Waals surface area contributed by atoms with E-state index in [-0.39, 0.29) is 0 Å². The number of aromatic nitrogens is 3. The molecule has 2 aromatic heterocycles. The highest BCUT2D eigenvalue weighted by Crippen LogP contribution is 2.25. The number of benzene rings is 1. The summed E-state index contributed by atoms with van der Waals surface area (Å²) in [4.78, 5) is 9.06. The maximum atomic E-state index is 8.86. The minimum Gasteiger partial charge on any atom is -0.311 e. The fourth-order valence-corrected chi connectivity index (χ4v) is 2.60. The summed E-state index contributed by atoms with van der Waals surface area (Å²) in [5.41, 5.74) is 4.98. The first-order valence-corrected chi connectivity index (χ1v) is 7.51. The molecule has 4 heteroatoms. The zero-order chi connectivity index (χ0) is 15.5. The van der Waals surface area contributed by atoms with Gasteiger partial charge in [0.15, 0.2) is 5.65 Å². The Balaban J connectivity index is 1.96. The molecule has 1 aromatic carbocycles. The second-order valence-corrected chi connectivity index (χ2v) is 5.56. The van der Waals surface area contributed by atoms with Gasteiger partial charge in [0, 0.05) is 6.20 Å². The van der Waals surface area contributed by atoms with E-state index in [0.29, 0.717) is 18.0 Å². The van der Waals surface area contributed by atoms with Gasteiger partial charge in [-0.2, -0.15) is 5.26 Å². The van der Waals surface area contributed by atoms with E-state index >= 15 is 0 Å². The molecule has 0 saturated heterocycles. The van der Waals surface area contributed by atoms with Crippen LogP contribution in [0.1, 0.15) is 42.9 Å².